The predicted molar refractivity (Wildman–Crippen MR) is 144 cm³/mol. The first-order valence-electron chi connectivity index (χ1n) is 12.6. The van der Waals surface area contributed by atoms with Gasteiger partial charge in [-0.1, -0.05) is 36.4 Å². The monoisotopic (exact) mass is 521 g/mol. The second-order valence-corrected chi connectivity index (χ2v) is 9.22. The number of hydrogen-bond acceptors (Lipinski definition) is 7. The van der Waals surface area contributed by atoms with Gasteiger partial charge in [0.2, 0.25) is 5.75 Å². The molecule has 3 aromatic rings. The summed E-state index contributed by atoms with van der Waals surface area (Å²) >= 11 is 0. The van der Waals surface area contributed by atoms with Crippen LogP contribution in [0.15, 0.2) is 60.7 Å². The molecule has 1 aliphatic heterocycles. The van der Waals surface area contributed by atoms with Crippen molar-refractivity contribution in [3.8, 4) is 28.7 Å². The van der Waals surface area contributed by atoms with Crippen LogP contribution in [0.2, 0.25) is 0 Å². The van der Waals surface area contributed by atoms with E-state index < -0.39 is 11.9 Å². The maximum absolute atomic E-state index is 11.9. The van der Waals surface area contributed by atoms with E-state index in [4.69, 9.17) is 23.7 Å². The molecule has 0 aromatic heterocycles. The van der Waals surface area contributed by atoms with Gasteiger partial charge >= 0.3 is 5.97 Å². The molecule has 1 N–H and O–H groups in total. The maximum Gasteiger partial charge on any atom is 0.307 e. The Morgan fingerprint density at radius 1 is 0.868 bits per heavy atom. The first-order chi connectivity index (χ1) is 18.5. The van der Waals surface area contributed by atoms with E-state index in [1.165, 1.54) is 0 Å². The van der Waals surface area contributed by atoms with Crippen LogP contribution in [0, 0.1) is 5.92 Å². The van der Waals surface area contributed by atoms with Crippen LogP contribution in [0.1, 0.15) is 35.6 Å². The molecule has 0 saturated carbocycles. The van der Waals surface area contributed by atoms with E-state index >= 15 is 0 Å². The number of nitrogens with zero attached hydrogens (tertiary/aromatic N) is 1. The summed E-state index contributed by atoms with van der Waals surface area (Å²) < 4.78 is 28.6. The van der Waals surface area contributed by atoms with Gasteiger partial charge in [-0.25, -0.2) is 0 Å². The van der Waals surface area contributed by atoms with Gasteiger partial charge in [0.15, 0.2) is 23.0 Å². The van der Waals surface area contributed by atoms with E-state index in [-0.39, 0.29) is 6.04 Å². The van der Waals surface area contributed by atoms with Gasteiger partial charge in [0.1, 0.15) is 6.61 Å². The second-order valence-electron chi connectivity index (χ2n) is 9.22. The lowest BCUT2D eigenvalue weighted by molar-refractivity contribution is -0.143. The van der Waals surface area contributed by atoms with Gasteiger partial charge < -0.3 is 28.8 Å². The molecule has 1 fully saturated rings. The number of likely N-dealkylation sites (tertiary alicyclic amines) is 1. The summed E-state index contributed by atoms with van der Waals surface area (Å²) in [5, 5.41) is 9.76. The molecular formula is C30H35NO7. The van der Waals surface area contributed by atoms with Gasteiger partial charge in [0.05, 0.1) is 40.4 Å². The summed E-state index contributed by atoms with van der Waals surface area (Å²) in [6.45, 7) is 1.59. The molecule has 0 radical (unpaired) electrons. The number of methoxy groups -OCH3 is 4. The lowest BCUT2D eigenvalue weighted by Crippen LogP contribution is -2.41. The van der Waals surface area contributed by atoms with Crippen molar-refractivity contribution in [2.24, 2.45) is 5.92 Å². The van der Waals surface area contributed by atoms with Gasteiger partial charge in [-0.3, -0.25) is 9.69 Å². The summed E-state index contributed by atoms with van der Waals surface area (Å²) in [7, 11) is 6.35. The predicted octanol–water partition coefficient (Wildman–Crippen LogP) is 5.19. The number of ether oxygens (including phenoxy) is 5. The molecule has 0 aliphatic carbocycles. The van der Waals surface area contributed by atoms with Crippen LogP contribution >= 0.6 is 0 Å². The lowest BCUT2D eigenvalue weighted by atomic mass is 9.91. The smallest absolute Gasteiger partial charge is 0.307 e. The second kappa shape index (κ2) is 12.6. The number of carboxylic acid groups (broad SMARTS) is 1. The van der Waals surface area contributed by atoms with Crippen molar-refractivity contribution in [3.05, 3.63) is 77.4 Å². The quantitative estimate of drug-likeness (QED) is 0.369. The SMILES string of the molecule is COc1cc(C(c2cc(OC)c(OC)c(OC)c2)N2CCCC(C(=O)O)C2)ccc1OCc1ccccc1. The van der Waals surface area contributed by atoms with E-state index in [0.29, 0.717) is 48.3 Å². The molecule has 4 rings (SSSR count). The molecule has 0 amide bonds. The summed E-state index contributed by atoms with van der Waals surface area (Å²) in [5.74, 6) is 1.58. The zero-order valence-corrected chi connectivity index (χ0v) is 22.3. The largest absolute Gasteiger partial charge is 0.493 e. The van der Waals surface area contributed by atoms with Crippen LogP contribution in [-0.4, -0.2) is 57.5 Å². The summed E-state index contributed by atoms with van der Waals surface area (Å²) in [4.78, 5) is 14.1. The molecule has 8 nitrogen and oxygen atoms in total. The fraction of sp³-hybridized carbons (Fsp3) is 0.367. The Hall–Kier alpha value is -3.91. The molecule has 1 heterocycles. The van der Waals surface area contributed by atoms with Gasteiger partial charge in [0, 0.05) is 6.54 Å². The standard InChI is InChI=1S/C30H35NO7/c1-34-25-15-21(12-13-24(25)38-19-20-9-6-5-7-10-20)28(31-14-8-11-22(18-31)30(32)33)23-16-26(35-2)29(37-4)27(17-23)36-3/h5-7,9-10,12-13,15-17,22,28H,8,11,14,18-19H2,1-4H3,(H,32,33). The number of rotatable bonds is 11. The number of aliphatic carboxylic acids is 1. The highest BCUT2D eigenvalue weighted by Gasteiger charge is 2.33. The van der Waals surface area contributed by atoms with Gasteiger partial charge in [-0.2, -0.15) is 0 Å². The zero-order chi connectivity index (χ0) is 27.1. The third-order valence-electron chi connectivity index (χ3n) is 6.91. The Balaban J connectivity index is 1.75. The minimum atomic E-state index is -0.777. The number of carboxylic acids is 1. The fourth-order valence-corrected chi connectivity index (χ4v) is 5.02. The van der Waals surface area contributed by atoms with E-state index in [2.05, 4.69) is 4.90 Å². The highest BCUT2D eigenvalue weighted by atomic mass is 16.5. The Bertz CT molecular complexity index is 1210. The van der Waals surface area contributed by atoms with Crippen LogP contribution in [0.4, 0.5) is 0 Å². The molecule has 2 unspecified atom stereocenters. The van der Waals surface area contributed by atoms with E-state index in [1.54, 1.807) is 28.4 Å². The topological polar surface area (TPSA) is 86.7 Å². The Morgan fingerprint density at radius 2 is 1.53 bits per heavy atom. The van der Waals surface area contributed by atoms with Gasteiger partial charge in [0.25, 0.3) is 0 Å². The fourth-order valence-electron chi connectivity index (χ4n) is 5.02. The maximum atomic E-state index is 11.9. The summed E-state index contributed by atoms with van der Waals surface area (Å²) in [5.41, 5.74) is 2.89. The Labute approximate surface area is 223 Å². The van der Waals surface area contributed by atoms with Crippen molar-refractivity contribution in [2.75, 3.05) is 41.5 Å². The molecule has 1 aliphatic rings. The Kier molecular flexibility index (Phi) is 8.97. The van der Waals surface area contributed by atoms with Crippen LogP contribution in [0.3, 0.4) is 0 Å². The molecule has 2 atom stereocenters. The van der Waals surface area contributed by atoms with Crippen LogP contribution in [0.5, 0.6) is 28.7 Å². The van der Waals surface area contributed by atoms with E-state index in [9.17, 15) is 9.90 Å². The third-order valence-corrected chi connectivity index (χ3v) is 6.91. The van der Waals surface area contributed by atoms with Crippen LogP contribution in [-0.2, 0) is 11.4 Å². The van der Waals surface area contributed by atoms with Crippen molar-refractivity contribution in [1.29, 1.82) is 0 Å². The number of carbonyl (C=O) groups is 1. The average Bonchev–Trinajstić information content (AvgIpc) is 2.96. The lowest BCUT2D eigenvalue weighted by Gasteiger charge is -2.38. The first-order valence-corrected chi connectivity index (χ1v) is 12.6. The van der Waals surface area contributed by atoms with Crippen molar-refractivity contribution in [2.45, 2.75) is 25.5 Å². The molecule has 202 valence electrons. The normalized spacial score (nSPS) is 16.4. The Morgan fingerprint density at radius 3 is 2.13 bits per heavy atom. The highest BCUT2D eigenvalue weighted by Crippen LogP contribution is 2.44. The summed E-state index contributed by atoms with van der Waals surface area (Å²) in [6.07, 6.45) is 1.44. The van der Waals surface area contributed by atoms with Crippen molar-refractivity contribution in [1.82, 2.24) is 4.90 Å². The molecule has 0 bridgehead atoms. The minimum absolute atomic E-state index is 0.275. The zero-order valence-electron chi connectivity index (χ0n) is 22.3. The minimum Gasteiger partial charge on any atom is -0.493 e. The van der Waals surface area contributed by atoms with E-state index in [1.807, 2.05) is 60.7 Å². The summed E-state index contributed by atoms with van der Waals surface area (Å²) in [6, 6.07) is 19.4. The number of piperidine rings is 1. The van der Waals surface area contributed by atoms with E-state index in [0.717, 1.165) is 29.7 Å². The molecular weight excluding hydrogens is 486 g/mol. The highest BCUT2D eigenvalue weighted by molar-refractivity contribution is 5.70. The van der Waals surface area contributed by atoms with Crippen LogP contribution < -0.4 is 23.7 Å². The average molecular weight is 522 g/mol. The van der Waals surface area contributed by atoms with Crippen molar-refractivity contribution < 1.29 is 33.6 Å². The van der Waals surface area contributed by atoms with Crippen molar-refractivity contribution in [3.63, 3.8) is 0 Å². The van der Waals surface area contributed by atoms with Crippen molar-refractivity contribution >= 4 is 5.97 Å². The molecule has 38 heavy (non-hydrogen) atoms. The number of benzene rings is 3. The molecule has 1 saturated heterocycles. The van der Waals surface area contributed by atoms with Crippen LogP contribution in [0.25, 0.3) is 0 Å². The molecule has 3 aromatic carbocycles. The van der Waals surface area contributed by atoms with Gasteiger partial charge in [-0.05, 0) is 60.3 Å². The third kappa shape index (κ3) is 5.97. The van der Waals surface area contributed by atoms with Gasteiger partial charge in [-0.15, -0.1) is 0 Å². The number of hydrogen-bond donors (Lipinski definition) is 1. The molecule has 8 heteroatoms. The molecule has 0 spiro atoms. The first kappa shape index (κ1) is 27.1.